The molecule has 0 spiro atoms. The number of ether oxygens (including phenoxy) is 1. The van der Waals surface area contributed by atoms with Gasteiger partial charge in [-0.05, 0) is 31.4 Å². The van der Waals surface area contributed by atoms with Crippen LogP contribution in [0.4, 0.5) is 5.82 Å². The number of amides is 1. The molecular weight excluding hydrogens is 412 g/mol. The molecule has 1 aromatic heterocycles. The molecule has 1 amide bonds. The van der Waals surface area contributed by atoms with Crippen LogP contribution in [0, 0.1) is 13.8 Å². The van der Waals surface area contributed by atoms with E-state index in [0.29, 0.717) is 13.2 Å². The molecule has 0 atom stereocenters. The highest BCUT2D eigenvalue weighted by molar-refractivity contribution is 5.77. The molecular formula is C27H32N4O2. The van der Waals surface area contributed by atoms with Gasteiger partial charge >= 0.3 is 0 Å². The van der Waals surface area contributed by atoms with Crippen LogP contribution in [0.25, 0.3) is 0 Å². The number of rotatable bonds is 7. The minimum absolute atomic E-state index is 0.0485. The van der Waals surface area contributed by atoms with Crippen molar-refractivity contribution in [2.75, 3.05) is 37.7 Å². The van der Waals surface area contributed by atoms with Gasteiger partial charge in [-0.1, -0.05) is 60.7 Å². The van der Waals surface area contributed by atoms with E-state index in [2.05, 4.69) is 41.1 Å². The quantitative estimate of drug-likeness (QED) is 0.553. The summed E-state index contributed by atoms with van der Waals surface area (Å²) in [4.78, 5) is 26.5. The first-order valence-corrected chi connectivity index (χ1v) is 11.6. The van der Waals surface area contributed by atoms with E-state index in [9.17, 15) is 4.79 Å². The minimum Gasteiger partial charge on any atom is -0.367 e. The SMILES string of the molecule is Cc1nc(C)c(Cc2ccccc2)c(N2CCCN(C(=O)COCc3ccccc3)CC2)n1. The normalized spacial score (nSPS) is 14.2. The molecule has 1 fully saturated rings. The number of carbonyl (C=O) groups excluding carboxylic acids is 1. The van der Waals surface area contributed by atoms with Gasteiger partial charge in [0.15, 0.2) is 0 Å². The highest BCUT2D eigenvalue weighted by atomic mass is 16.5. The molecule has 6 nitrogen and oxygen atoms in total. The van der Waals surface area contributed by atoms with Crippen LogP contribution in [-0.2, 0) is 22.6 Å². The van der Waals surface area contributed by atoms with Crippen molar-refractivity contribution in [2.24, 2.45) is 0 Å². The fraction of sp³-hybridized carbons (Fsp3) is 0.370. The van der Waals surface area contributed by atoms with Crippen molar-refractivity contribution in [1.82, 2.24) is 14.9 Å². The Morgan fingerprint density at radius 2 is 1.58 bits per heavy atom. The van der Waals surface area contributed by atoms with E-state index in [4.69, 9.17) is 9.72 Å². The first-order valence-electron chi connectivity index (χ1n) is 11.6. The molecule has 2 aromatic carbocycles. The Balaban J connectivity index is 1.40. The number of hydrogen-bond donors (Lipinski definition) is 0. The number of carbonyl (C=O) groups is 1. The molecule has 1 aliphatic rings. The van der Waals surface area contributed by atoms with Crippen molar-refractivity contribution in [3.8, 4) is 0 Å². The smallest absolute Gasteiger partial charge is 0.248 e. The summed E-state index contributed by atoms with van der Waals surface area (Å²) in [5, 5.41) is 0. The molecule has 1 saturated heterocycles. The number of benzene rings is 2. The topological polar surface area (TPSA) is 58.6 Å². The average molecular weight is 445 g/mol. The van der Waals surface area contributed by atoms with Gasteiger partial charge in [-0.25, -0.2) is 9.97 Å². The standard InChI is InChI=1S/C27H32N4O2/c1-21-25(18-23-10-5-3-6-11-23)27(29-22(2)28-21)31-15-9-14-30(16-17-31)26(32)20-33-19-24-12-7-4-8-13-24/h3-8,10-13H,9,14-20H2,1-2H3. The van der Waals surface area contributed by atoms with Gasteiger partial charge in [0.05, 0.1) is 6.61 Å². The molecule has 1 aliphatic heterocycles. The summed E-state index contributed by atoms with van der Waals surface area (Å²) in [5.41, 5.74) is 4.51. The maximum atomic E-state index is 12.8. The Kier molecular flexibility index (Phi) is 7.68. The van der Waals surface area contributed by atoms with Crippen molar-refractivity contribution in [3.05, 3.63) is 88.9 Å². The van der Waals surface area contributed by atoms with Gasteiger partial charge in [-0.15, -0.1) is 0 Å². The van der Waals surface area contributed by atoms with Crippen molar-refractivity contribution in [2.45, 2.75) is 33.3 Å². The second kappa shape index (κ2) is 11.1. The van der Waals surface area contributed by atoms with Gasteiger partial charge < -0.3 is 14.5 Å². The summed E-state index contributed by atoms with van der Waals surface area (Å²) < 4.78 is 5.68. The van der Waals surface area contributed by atoms with Crippen molar-refractivity contribution >= 4 is 11.7 Å². The molecule has 4 rings (SSSR count). The molecule has 3 aromatic rings. The molecule has 172 valence electrons. The van der Waals surface area contributed by atoms with Gasteiger partial charge in [0.25, 0.3) is 0 Å². The highest BCUT2D eigenvalue weighted by Crippen LogP contribution is 2.25. The van der Waals surface area contributed by atoms with E-state index in [-0.39, 0.29) is 12.5 Å². The molecule has 2 heterocycles. The zero-order valence-electron chi connectivity index (χ0n) is 19.5. The average Bonchev–Trinajstić information content (AvgIpc) is 3.08. The van der Waals surface area contributed by atoms with Crippen LogP contribution >= 0.6 is 0 Å². The summed E-state index contributed by atoms with van der Waals surface area (Å²) in [6.07, 6.45) is 1.70. The van der Waals surface area contributed by atoms with Gasteiger partial charge in [0.2, 0.25) is 5.91 Å². The van der Waals surface area contributed by atoms with E-state index >= 15 is 0 Å². The molecule has 33 heavy (non-hydrogen) atoms. The molecule has 0 bridgehead atoms. The van der Waals surface area contributed by atoms with E-state index in [0.717, 1.165) is 60.9 Å². The number of hydrogen-bond acceptors (Lipinski definition) is 5. The van der Waals surface area contributed by atoms with Gasteiger partial charge in [-0.2, -0.15) is 0 Å². The van der Waals surface area contributed by atoms with Crippen molar-refractivity contribution < 1.29 is 9.53 Å². The van der Waals surface area contributed by atoms with Crippen LogP contribution in [0.15, 0.2) is 60.7 Å². The second-order valence-corrected chi connectivity index (χ2v) is 8.52. The zero-order valence-corrected chi connectivity index (χ0v) is 19.5. The van der Waals surface area contributed by atoms with Crippen molar-refractivity contribution in [3.63, 3.8) is 0 Å². The van der Waals surface area contributed by atoms with Crippen LogP contribution in [0.2, 0.25) is 0 Å². The summed E-state index contributed by atoms with van der Waals surface area (Å²) in [7, 11) is 0. The van der Waals surface area contributed by atoms with E-state index in [1.165, 1.54) is 5.56 Å². The van der Waals surface area contributed by atoms with Gasteiger partial charge in [0.1, 0.15) is 18.2 Å². The lowest BCUT2D eigenvalue weighted by molar-refractivity contribution is -0.136. The molecule has 0 N–H and O–H groups in total. The Morgan fingerprint density at radius 3 is 2.30 bits per heavy atom. The third-order valence-electron chi connectivity index (χ3n) is 6.01. The highest BCUT2D eigenvalue weighted by Gasteiger charge is 2.23. The van der Waals surface area contributed by atoms with E-state index in [1.54, 1.807) is 0 Å². The summed E-state index contributed by atoms with van der Waals surface area (Å²) >= 11 is 0. The lowest BCUT2D eigenvalue weighted by atomic mass is 10.0. The maximum absolute atomic E-state index is 12.8. The first kappa shape index (κ1) is 22.9. The number of nitrogens with zero attached hydrogens (tertiary/aromatic N) is 4. The maximum Gasteiger partial charge on any atom is 0.248 e. The predicted octanol–water partition coefficient (Wildman–Crippen LogP) is 3.94. The number of aryl methyl sites for hydroxylation is 2. The lowest BCUT2D eigenvalue weighted by Crippen LogP contribution is -2.37. The van der Waals surface area contributed by atoms with Crippen molar-refractivity contribution in [1.29, 1.82) is 0 Å². The first-order chi connectivity index (χ1) is 16.1. The van der Waals surface area contributed by atoms with Crippen LogP contribution in [0.5, 0.6) is 0 Å². The lowest BCUT2D eigenvalue weighted by Gasteiger charge is -2.26. The van der Waals surface area contributed by atoms with Crippen LogP contribution in [0.1, 0.15) is 34.6 Å². The van der Waals surface area contributed by atoms with E-state index < -0.39 is 0 Å². The van der Waals surface area contributed by atoms with Crippen LogP contribution in [0.3, 0.4) is 0 Å². The minimum atomic E-state index is 0.0485. The molecule has 6 heteroatoms. The summed E-state index contributed by atoms with van der Waals surface area (Å²) in [5.74, 6) is 1.83. The van der Waals surface area contributed by atoms with Crippen LogP contribution in [-0.4, -0.2) is 53.6 Å². The Morgan fingerprint density at radius 1 is 0.879 bits per heavy atom. The van der Waals surface area contributed by atoms with Gasteiger partial charge in [0, 0.05) is 43.9 Å². The molecule has 0 radical (unpaired) electrons. The molecule has 0 saturated carbocycles. The Labute approximate surface area is 196 Å². The fourth-order valence-corrected chi connectivity index (χ4v) is 4.29. The largest absolute Gasteiger partial charge is 0.367 e. The van der Waals surface area contributed by atoms with Gasteiger partial charge in [-0.3, -0.25) is 4.79 Å². The second-order valence-electron chi connectivity index (χ2n) is 8.52. The van der Waals surface area contributed by atoms with Crippen LogP contribution < -0.4 is 4.90 Å². The third-order valence-corrected chi connectivity index (χ3v) is 6.01. The summed E-state index contributed by atoms with van der Waals surface area (Å²) in [6, 6.07) is 20.4. The fourth-order valence-electron chi connectivity index (χ4n) is 4.29. The number of anilines is 1. The molecule has 0 aliphatic carbocycles. The zero-order chi connectivity index (χ0) is 23.0. The summed E-state index contributed by atoms with van der Waals surface area (Å²) in [6.45, 7) is 7.60. The van der Waals surface area contributed by atoms with E-state index in [1.807, 2.05) is 48.2 Å². The molecule has 0 unspecified atom stereocenters. The predicted molar refractivity (Wildman–Crippen MR) is 130 cm³/mol. The number of aromatic nitrogens is 2. The third kappa shape index (κ3) is 6.17. The Bertz CT molecular complexity index is 1060. The Hall–Kier alpha value is -3.25. The monoisotopic (exact) mass is 444 g/mol.